The molecule has 2 N–H and O–H groups in total. The van der Waals surface area contributed by atoms with E-state index in [4.69, 9.17) is 9.47 Å². The van der Waals surface area contributed by atoms with Gasteiger partial charge in [-0.1, -0.05) is 20.8 Å². The molecule has 0 unspecified atom stereocenters. The summed E-state index contributed by atoms with van der Waals surface area (Å²) in [6, 6.07) is 0. The van der Waals surface area contributed by atoms with Crippen molar-refractivity contribution in [3.05, 3.63) is 0 Å². The lowest BCUT2D eigenvalue weighted by atomic mass is 9.92. The molecule has 6 heteroatoms. The molecule has 0 rings (SSSR count). The molecule has 0 bridgehead atoms. The average molecular weight is 373 g/mol. The number of carbonyl (C=O) groups is 2. The Kier molecular flexibility index (Phi) is 8.77. The molecule has 0 heterocycles. The Balaban J connectivity index is 4.13. The van der Waals surface area contributed by atoms with Crippen LogP contribution >= 0.6 is 0 Å². The van der Waals surface area contributed by atoms with Gasteiger partial charge in [0.15, 0.2) is 0 Å². The predicted octanol–water partition coefficient (Wildman–Crippen LogP) is 3.04. The van der Waals surface area contributed by atoms with Gasteiger partial charge in [-0.25, -0.2) is 0 Å². The normalized spacial score (nSPS) is 13.5. The van der Waals surface area contributed by atoms with E-state index in [2.05, 4.69) is 10.6 Å². The van der Waals surface area contributed by atoms with Gasteiger partial charge in [-0.15, -0.1) is 0 Å². The van der Waals surface area contributed by atoms with E-state index in [1.807, 2.05) is 55.4 Å². The average Bonchev–Trinajstić information content (AvgIpc) is 2.39. The molecule has 0 aromatic carbocycles. The van der Waals surface area contributed by atoms with Crippen LogP contribution in [0.5, 0.6) is 0 Å². The maximum Gasteiger partial charge on any atom is 0.252 e. The van der Waals surface area contributed by atoms with Crippen LogP contribution < -0.4 is 10.6 Å². The highest BCUT2D eigenvalue weighted by Crippen LogP contribution is 2.17. The fourth-order valence-electron chi connectivity index (χ4n) is 1.90. The van der Waals surface area contributed by atoms with Crippen molar-refractivity contribution in [1.29, 1.82) is 0 Å². The molecule has 0 aromatic rings. The summed E-state index contributed by atoms with van der Waals surface area (Å²) in [5.74, 6) is -0.117. The largest absolute Gasteiger partial charge is 0.379 e. The van der Waals surface area contributed by atoms with Crippen LogP contribution in [0.2, 0.25) is 0 Å². The van der Waals surface area contributed by atoms with Crippen molar-refractivity contribution in [3.63, 3.8) is 0 Å². The van der Waals surface area contributed by atoms with Crippen LogP contribution in [0.3, 0.4) is 0 Å². The van der Waals surface area contributed by atoms with Crippen molar-refractivity contribution in [2.45, 2.75) is 92.3 Å². The van der Waals surface area contributed by atoms with Crippen LogP contribution in [-0.2, 0) is 19.1 Å². The SMILES string of the molecule is CC(C)(C)NC(=O)C(C)(C)OCCOCCC(C)(C)NC(=O)C(C)(C)C. The van der Waals surface area contributed by atoms with Crippen LogP contribution in [0, 0.1) is 5.41 Å². The van der Waals surface area contributed by atoms with Crippen LogP contribution in [-0.4, -0.2) is 48.3 Å². The summed E-state index contributed by atoms with van der Waals surface area (Å²) in [5.41, 5.74) is -1.95. The smallest absolute Gasteiger partial charge is 0.252 e. The summed E-state index contributed by atoms with van der Waals surface area (Å²) in [6.07, 6.45) is 0.697. The maximum atomic E-state index is 12.2. The van der Waals surface area contributed by atoms with Crippen LogP contribution in [0.25, 0.3) is 0 Å². The first kappa shape index (κ1) is 24.9. The Morgan fingerprint density at radius 3 is 1.73 bits per heavy atom. The van der Waals surface area contributed by atoms with Crippen molar-refractivity contribution in [2.75, 3.05) is 19.8 Å². The lowest BCUT2D eigenvalue weighted by Gasteiger charge is -2.30. The molecule has 0 fully saturated rings. The number of hydrogen-bond acceptors (Lipinski definition) is 4. The molecule has 0 saturated heterocycles. The lowest BCUT2D eigenvalue weighted by molar-refractivity contribution is -0.146. The minimum atomic E-state index is -0.906. The molecule has 154 valence electrons. The summed E-state index contributed by atoms with van der Waals surface area (Å²) in [6.45, 7) is 20.2. The van der Waals surface area contributed by atoms with Crippen LogP contribution in [0.15, 0.2) is 0 Å². The summed E-state index contributed by atoms with van der Waals surface area (Å²) in [7, 11) is 0. The molecule has 0 saturated carbocycles. The molecule has 0 aliphatic heterocycles. The zero-order chi connectivity index (χ0) is 20.8. The molecular formula is C20H40N2O4. The number of hydrogen-bond donors (Lipinski definition) is 2. The van der Waals surface area contributed by atoms with Gasteiger partial charge >= 0.3 is 0 Å². The van der Waals surface area contributed by atoms with E-state index in [9.17, 15) is 9.59 Å². The van der Waals surface area contributed by atoms with E-state index in [-0.39, 0.29) is 22.9 Å². The number of amides is 2. The molecule has 0 aromatic heterocycles. The van der Waals surface area contributed by atoms with E-state index in [0.29, 0.717) is 26.2 Å². The van der Waals surface area contributed by atoms with Crippen LogP contribution in [0.4, 0.5) is 0 Å². The zero-order valence-corrected chi connectivity index (χ0v) is 18.5. The van der Waals surface area contributed by atoms with Gasteiger partial charge in [0.1, 0.15) is 5.60 Å². The third-order valence-corrected chi connectivity index (χ3v) is 3.73. The fraction of sp³-hybridized carbons (Fsp3) is 0.900. The summed E-state index contributed by atoms with van der Waals surface area (Å²) in [4.78, 5) is 24.3. The Morgan fingerprint density at radius 1 is 0.731 bits per heavy atom. The summed E-state index contributed by atoms with van der Waals surface area (Å²) >= 11 is 0. The van der Waals surface area contributed by atoms with Gasteiger partial charge < -0.3 is 20.1 Å². The molecule has 26 heavy (non-hydrogen) atoms. The van der Waals surface area contributed by atoms with Gasteiger partial charge in [-0.05, 0) is 54.9 Å². The van der Waals surface area contributed by atoms with Crippen LogP contribution in [0.1, 0.15) is 75.7 Å². The predicted molar refractivity (Wildman–Crippen MR) is 105 cm³/mol. The minimum Gasteiger partial charge on any atom is -0.379 e. The topological polar surface area (TPSA) is 76.7 Å². The van der Waals surface area contributed by atoms with Gasteiger partial charge in [0.2, 0.25) is 5.91 Å². The van der Waals surface area contributed by atoms with E-state index >= 15 is 0 Å². The Morgan fingerprint density at radius 2 is 1.27 bits per heavy atom. The number of rotatable bonds is 9. The first-order valence-corrected chi connectivity index (χ1v) is 9.33. The second kappa shape index (κ2) is 9.18. The Bertz CT molecular complexity index is 471. The minimum absolute atomic E-state index is 0.0254. The molecule has 0 spiro atoms. The van der Waals surface area contributed by atoms with Crippen molar-refractivity contribution >= 4 is 11.8 Å². The lowest BCUT2D eigenvalue weighted by Crippen LogP contribution is -2.51. The molecule has 2 amide bonds. The highest BCUT2D eigenvalue weighted by atomic mass is 16.5. The van der Waals surface area contributed by atoms with Crippen molar-refractivity contribution in [3.8, 4) is 0 Å². The molecular weight excluding hydrogens is 332 g/mol. The number of ether oxygens (including phenoxy) is 2. The third-order valence-electron chi connectivity index (χ3n) is 3.73. The van der Waals surface area contributed by atoms with E-state index < -0.39 is 11.0 Å². The van der Waals surface area contributed by atoms with Gasteiger partial charge in [-0.2, -0.15) is 0 Å². The molecule has 0 aliphatic carbocycles. The quantitative estimate of drug-likeness (QED) is 0.610. The second-order valence-corrected chi connectivity index (χ2v) is 10.0. The van der Waals surface area contributed by atoms with E-state index in [0.717, 1.165) is 0 Å². The highest BCUT2D eigenvalue weighted by molar-refractivity contribution is 5.84. The molecule has 0 aliphatic rings. The maximum absolute atomic E-state index is 12.2. The highest BCUT2D eigenvalue weighted by Gasteiger charge is 2.31. The third kappa shape index (κ3) is 10.8. The Labute approximate surface area is 159 Å². The van der Waals surface area contributed by atoms with Crippen molar-refractivity contribution < 1.29 is 19.1 Å². The van der Waals surface area contributed by atoms with Crippen molar-refractivity contribution in [2.24, 2.45) is 5.41 Å². The number of nitrogens with one attached hydrogen (secondary N) is 2. The first-order chi connectivity index (χ1) is 11.5. The zero-order valence-electron chi connectivity index (χ0n) is 18.5. The van der Waals surface area contributed by atoms with E-state index in [1.165, 1.54) is 0 Å². The van der Waals surface area contributed by atoms with Gasteiger partial charge in [0, 0.05) is 23.1 Å². The second-order valence-electron chi connectivity index (χ2n) is 10.0. The van der Waals surface area contributed by atoms with Gasteiger partial charge in [0.25, 0.3) is 5.91 Å². The van der Waals surface area contributed by atoms with Gasteiger partial charge in [-0.3, -0.25) is 9.59 Å². The molecule has 0 atom stereocenters. The van der Waals surface area contributed by atoms with Gasteiger partial charge in [0.05, 0.1) is 13.2 Å². The van der Waals surface area contributed by atoms with Crippen molar-refractivity contribution in [1.82, 2.24) is 10.6 Å². The first-order valence-electron chi connectivity index (χ1n) is 9.33. The summed E-state index contributed by atoms with van der Waals surface area (Å²) in [5, 5.41) is 5.96. The molecule has 6 nitrogen and oxygen atoms in total. The Hall–Kier alpha value is -1.14. The van der Waals surface area contributed by atoms with E-state index in [1.54, 1.807) is 13.8 Å². The monoisotopic (exact) mass is 372 g/mol. The fourth-order valence-corrected chi connectivity index (χ4v) is 1.90. The summed E-state index contributed by atoms with van der Waals surface area (Å²) < 4.78 is 11.3. The molecule has 0 radical (unpaired) electrons. The standard InChI is InChI=1S/C20H40N2O4/c1-17(2,3)15(23)22-19(7,8)11-12-25-13-14-26-20(9,10)16(24)21-18(4,5)6/h11-14H2,1-10H3,(H,21,24)(H,22,23). The number of carbonyl (C=O) groups excluding carboxylic acids is 2.